The van der Waals surface area contributed by atoms with Gasteiger partial charge in [-0.05, 0) is 12.1 Å². The summed E-state index contributed by atoms with van der Waals surface area (Å²) in [5.74, 6) is -0.687. The number of aromatic nitrogens is 2. The average molecular weight is 262 g/mol. The molecule has 0 amide bonds. The molecule has 2 aromatic rings. The Hall–Kier alpha value is -2.08. The van der Waals surface area contributed by atoms with Crippen molar-refractivity contribution in [3.05, 3.63) is 47.4 Å². The van der Waals surface area contributed by atoms with E-state index in [9.17, 15) is 8.78 Å². The van der Waals surface area contributed by atoms with Gasteiger partial charge in [-0.2, -0.15) is 0 Å². The lowest BCUT2D eigenvalue weighted by Crippen LogP contribution is -2.25. The molecule has 2 heterocycles. The van der Waals surface area contributed by atoms with Crippen molar-refractivity contribution in [2.45, 2.75) is 13.0 Å². The Morgan fingerprint density at radius 2 is 2.11 bits per heavy atom. The molecule has 19 heavy (non-hydrogen) atoms. The van der Waals surface area contributed by atoms with Gasteiger partial charge < -0.3 is 10.6 Å². The maximum absolute atomic E-state index is 13.6. The molecule has 0 atom stereocenters. The lowest BCUT2D eigenvalue weighted by Gasteiger charge is -2.19. The summed E-state index contributed by atoms with van der Waals surface area (Å²) in [7, 11) is 0. The Kier molecular flexibility index (Phi) is 3.08. The van der Waals surface area contributed by atoms with Crippen molar-refractivity contribution in [2.75, 3.05) is 11.9 Å². The van der Waals surface area contributed by atoms with E-state index in [1.165, 1.54) is 18.5 Å². The topological polar surface area (TPSA) is 49.8 Å². The van der Waals surface area contributed by atoms with E-state index in [1.807, 2.05) is 0 Å². The van der Waals surface area contributed by atoms with Crippen LogP contribution in [-0.4, -0.2) is 16.5 Å². The van der Waals surface area contributed by atoms with E-state index < -0.39 is 11.6 Å². The van der Waals surface area contributed by atoms with Crippen LogP contribution in [0.1, 0.15) is 11.3 Å². The summed E-state index contributed by atoms with van der Waals surface area (Å²) in [6, 6.07) is 3.40. The third kappa shape index (κ3) is 2.39. The first kappa shape index (κ1) is 12.0. The zero-order valence-corrected chi connectivity index (χ0v) is 10.1. The number of hydrogen-bond donors (Lipinski definition) is 2. The zero-order valence-electron chi connectivity index (χ0n) is 10.1. The summed E-state index contributed by atoms with van der Waals surface area (Å²) in [5.41, 5.74) is 2.09. The number of hydrogen-bond acceptors (Lipinski definition) is 4. The largest absolute Gasteiger partial charge is 0.337 e. The molecule has 98 valence electrons. The molecule has 0 saturated carbocycles. The summed E-state index contributed by atoms with van der Waals surface area (Å²) in [6.07, 6.45) is 2.27. The van der Waals surface area contributed by atoms with Crippen LogP contribution in [-0.2, 0) is 13.0 Å². The molecule has 6 heteroatoms. The molecule has 0 radical (unpaired) electrons. The van der Waals surface area contributed by atoms with Gasteiger partial charge in [0.15, 0.2) is 0 Å². The molecule has 0 fully saturated rings. The third-order valence-electron chi connectivity index (χ3n) is 3.06. The van der Waals surface area contributed by atoms with Crippen LogP contribution in [0.2, 0.25) is 0 Å². The summed E-state index contributed by atoms with van der Waals surface area (Å²) >= 11 is 0. The van der Waals surface area contributed by atoms with Gasteiger partial charge in [-0.1, -0.05) is 0 Å². The molecule has 1 aliphatic rings. The minimum Gasteiger partial charge on any atom is -0.337 e. The fourth-order valence-electron chi connectivity index (χ4n) is 2.10. The number of fused-ring (bicyclic) bond motifs is 1. The van der Waals surface area contributed by atoms with Crippen LogP contribution in [0.25, 0.3) is 0 Å². The van der Waals surface area contributed by atoms with Crippen molar-refractivity contribution >= 4 is 11.5 Å². The van der Waals surface area contributed by atoms with Crippen LogP contribution in [0.5, 0.6) is 0 Å². The minimum atomic E-state index is -0.642. The first-order valence-corrected chi connectivity index (χ1v) is 5.99. The summed E-state index contributed by atoms with van der Waals surface area (Å²) in [5, 5.41) is 6.11. The van der Waals surface area contributed by atoms with Gasteiger partial charge in [-0.3, -0.25) is 0 Å². The summed E-state index contributed by atoms with van der Waals surface area (Å²) < 4.78 is 26.5. The van der Waals surface area contributed by atoms with Gasteiger partial charge >= 0.3 is 0 Å². The Balaban J connectivity index is 1.95. The van der Waals surface area contributed by atoms with Crippen molar-refractivity contribution < 1.29 is 8.78 Å². The van der Waals surface area contributed by atoms with Gasteiger partial charge in [0.05, 0.1) is 11.4 Å². The Bertz CT molecular complexity index is 616. The van der Waals surface area contributed by atoms with E-state index in [0.29, 0.717) is 12.4 Å². The van der Waals surface area contributed by atoms with Gasteiger partial charge in [0.2, 0.25) is 0 Å². The number of halogens is 2. The highest BCUT2D eigenvalue weighted by Crippen LogP contribution is 2.24. The van der Waals surface area contributed by atoms with Crippen molar-refractivity contribution in [3.8, 4) is 0 Å². The number of benzene rings is 1. The maximum Gasteiger partial charge on any atom is 0.149 e. The average Bonchev–Trinajstić information content (AvgIpc) is 2.42. The fourth-order valence-corrected chi connectivity index (χ4v) is 2.10. The van der Waals surface area contributed by atoms with Gasteiger partial charge in [0, 0.05) is 31.1 Å². The molecule has 0 bridgehead atoms. The van der Waals surface area contributed by atoms with Crippen LogP contribution in [0.15, 0.2) is 24.5 Å². The number of anilines is 2. The van der Waals surface area contributed by atoms with E-state index >= 15 is 0 Å². The maximum atomic E-state index is 13.6. The van der Waals surface area contributed by atoms with Gasteiger partial charge in [-0.15, -0.1) is 0 Å². The van der Waals surface area contributed by atoms with E-state index in [4.69, 9.17) is 0 Å². The lowest BCUT2D eigenvalue weighted by molar-refractivity contribution is 0.585. The highest BCUT2D eigenvalue weighted by Gasteiger charge is 2.16. The van der Waals surface area contributed by atoms with Gasteiger partial charge in [-0.25, -0.2) is 18.7 Å². The molecule has 2 N–H and O–H groups in total. The molecule has 0 aliphatic carbocycles. The fraction of sp³-hybridized carbons (Fsp3) is 0.231. The number of nitrogens with zero attached hydrogens (tertiary/aromatic N) is 2. The molecular weight excluding hydrogens is 250 g/mol. The molecular formula is C13H12F2N4. The predicted molar refractivity (Wildman–Crippen MR) is 67.1 cm³/mol. The second-order valence-electron chi connectivity index (χ2n) is 4.32. The summed E-state index contributed by atoms with van der Waals surface area (Å²) in [4.78, 5) is 8.34. The smallest absolute Gasteiger partial charge is 0.149 e. The molecule has 1 aromatic carbocycles. The molecule has 1 aromatic heterocycles. The van der Waals surface area contributed by atoms with Gasteiger partial charge in [0.1, 0.15) is 23.8 Å². The monoisotopic (exact) mass is 262 g/mol. The van der Waals surface area contributed by atoms with Crippen molar-refractivity contribution in [2.24, 2.45) is 0 Å². The highest BCUT2D eigenvalue weighted by atomic mass is 19.1. The molecule has 1 aliphatic heterocycles. The third-order valence-corrected chi connectivity index (χ3v) is 3.06. The van der Waals surface area contributed by atoms with Crippen LogP contribution < -0.4 is 10.6 Å². The molecule has 0 spiro atoms. The lowest BCUT2D eigenvalue weighted by atomic mass is 10.1. The van der Waals surface area contributed by atoms with E-state index in [-0.39, 0.29) is 5.69 Å². The normalized spacial score (nSPS) is 14.0. The Morgan fingerprint density at radius 1 is 1.21 bits per heavy atom. The number of nitrogens with one attached hydrogen (secondary N) is 2. The van der Waals surface area contributed by atoms with Crippen LogP contribution in [0.3, 0.4) is 0 Å². The molecule has 3 rings (SSSR count). The molecule has 0 saturated heterocycles. The summed E-state index contributed by atoms with van der Waals surface area (Å²) in [6.45, 7) is 1.51. The van der Waals surface area contributed by atoms with E-state index in [2.05, 4.69) is 20.6 Å². The quantitative estimate of drug-likeness (QED) is 0.870. The van der Waals surface area contributed by atoms with Crippen molar-refractivity contribution in [1.82, 2.24) is 15.3 Å². The van der Waals surface area contributed by atoms with E-state index in [0.717, 1.165) is 30.3 Å². The van der Waals surface area contributed by atoms with Crippen molar-refractivity contribution in [1.29, 1.82) is 0 Å². The van der Waals surface area contributed by atoms with E-state index in [1.54, 1.807) is 0 Å². The highest BCUT2D eigenvalue weighted by molar-refractivity contribution is 5.60. The second-order valence-corrected chi connectivity index (χ2v) is 4.32. The Labute approximate surface area is 108 Å². The van der Waals surface area contributed by atoms with Gasteiger partial charge in [0.25, 0.3) is 0 Å². The second kappa shape index (κ2) is 4.89. The Morgan fingerprint density at radius 3 is 2.95 bits per heavy atom. The zero-order chi connectivity index (χ0) is 13.2. The standard InChI is InChI=1S/C13H12F2N4/c14-8-1-2-12(10(15)5-8)19-13-9-6-16-4-3-11(9)17-7-18-13/h1-2,5,7,16H,3-4,6H2,(H,17,18,19). The van der Waals surface area contributed by atoms with Crippen LogP contribution in [0.4, 0.5) is 20.3 Å². The van der Waals surface area contributed by atoms with Crippen LogP contribution >= 0.6 is 0 Å². The number of rotatable bonds is 2. The predicted octanol–water partition coefficient (Wildman–Crippen LogP) is 2.14. The first-order valence-electron chi connectivity index (χ1n) is 5.99. The van der Waals surface area contributed by atoms with Crippen LogP contribution in [0, 0.1) is 11.6 Å². The first-order chi connectivity index (χ1) is 9.24. The molecule has 0 unspecified atom stereocenters. The molecule has 4 nitrogen and oxygen atoms in total. The SMILES string of the molecule is Fc1ccc(Nc2ncnc3c2CNCC3)c(F)c1. The minimum absolute atomic E-state index is 0.202. The van der Waals surface area contributed by atoms with Crippen molar-refractivity contribution in [3.63, 3.8) is 0 Å².